The molecular formula is C27H47N3O2. The standard InChI is InChI=1S/C27H47N3O2/c1-11-14-15-28-22(6)25(24(13-3)21(5)20(4)12-2)23(7)29-16-18-30(19-17-29)26(31)32-27(8,9)10/h13-15,20-21H,11-12,16-19H2,1-10H3/b15-14+,24-13-,25-23-,28-22+. The fraction of sp³-hybridized carbons (Fsp3) is 0.704. The molecule has 32 heavy (non-hydrogen) atoms. The van der Waals surface area contributed by atoms with Crippen LogP contribution in [-0.4, -0.2) is 53.4 Å². The molecule has 0 aromatic heterocycles. The van der Waals surface area contributed by atoms with Gasteiger partial charge in [0.15, 0.2) is 0 Å². The number of amides is 1. The van der Waals surface area contributed by atoms with E-state index < -0.39 is 5.60 Å². The molecule has 1 fully saturated rings. The SMILES string of the molecule is C\C=C(C(/C(C)=N/C=C/CC)=C(/C)N1CCN(C(=O)OC(C)(C)C)CC1)\C(C)C(C)CC. The van der Waals surface area contributed by atoms with Crippen molar-refractivity contribution in [1.82, 2.24) is 9.80 Å². The number of hydrogen-bond donors (Lipinski definition) is 0. The lowest BCUT2D eigenvalue weighted by Gasteiger charge is -2.38. The van der Waals surface area contributed by atoms with Crippen molar-refractivity contribution in [3.8, 4) is 0 Å². The van der Waals surface area contributed by atoms with Gasteiger partial charge in [-0.1, -0.05) is 46.3 Å². The maximum Gasteiger partial charge on any atom is 0.410 e. The minimum atomic E-state index is -0.469. The van der Waals surface area contributed by atoms with Crippen molar-refractivity contribution in [3.05, 3.63) is 35.2 Å². The molecule has 0 bridgehead atoms. The van der Waals surface area contributed by atoms with Crippen LogP contribution in [0, 0.1) is 11.8 Å². The third kappa shape index (κ3) is 8.14. The Morgan fingerprint density at radius 1 is 1.06 bits per heavy atom. The molecule has 0 aromatic rings. The second-order valence-electron chi connectivity index (χ2n) is 9.84. The number of allylic oxidation sites excluding steroid dienone is 5. The van der Waals surface area contributed by atoms with Crippen LogP contribution < -0.4 is 0 Å². The Labute approximate surface area is 197 Å². The fourth-order valence-corrected chi connectivity index (χ4v) is 4.02. The molecule has 1 saturated heterocycles. The van der Waals surface area contributed by atoms with Crippen molar-refractivity contribution >= 4 is 11.8 Å². The molecule has 1 aliphatic rings. The van der Waals surface area contributed by atoms with Gasteiger partial charge in [0.25, 0.3) is 0 Å². The number of rotatable bonds is 8. The maximum absolute atomic E-state index is 12.5. The summed E-state index contributed by atoms with van der Waals surface area (Å²) in [5.41, 5.74) is 4.42. The molecule has 0 radical (unpaired) electrons. The van der Waals surface area contributed by atoms with Crippen LogP contribution in [0.25, 0.3) is 0 Å². The van der Waals surface area contributed by atoms with Crippen molar-refractivity contribution in [1.29, 1.82) is 0 Å². The Kier molecular flexibility index (Phi) is 11.2. The average molecular weight is 446 g/mol. The van der Waals surface area contributed by atoms with Gasteiger partial charge in [-0.3, -0.25) is 4.99 Å². The van der Waals surface area contributed by atoms with Crippen LogP contribution in [0.4, 0.5) is 4.79 Å². The van der Waals surface area contributed by atoms with Crippen molar-refractivity contribution in [2.24, 2.45) is 16.8 Å². The van der Waals surface area contributed by atoms with Crippen LogP contribution in [0.15, 0.2) is 40.2 Å². The lowest BCUT2D eigenvalue weighted by molar-refractivity contribution is 0.0168. The number of piperazine rings is 1. The Hall–Kier alpha value is -2.04. The topological polar surface area (TPSA) is 45.1 Å². The van der Waals surface area contributed by atoms with Gasteiger partial charge >= 0.3 is 6.09 Å². The van der Waals surface area contributed by atoms with Crippen LogP contribution in [0.1, 0.15) is 82.1 Å². The summed E-state index contributed by atoms with van der Waals surface area (Å²) in [6, 6.07) is 0. The number of aliphatic imine (C=N–C) groups is 1. The fourth-order valence-electron chi connectivity index (χ4n) is 4.02. The summed E-state index contributed by atoms with van der Waals surface area (Å²) >= 11 is 0. The van der Waals surface area contributed by atoms with E-state index in [0.29, 0.717) is 24.9 Å². The molecule has 2 atom stereocenters. The Morgan fingerprint density at radius 3 is 2.09 bits per heavy atom. The van der Waals surface area contributed by atoms with E-state index in [1.165, 1.54) is 16.8 Å². The monoisotopic (exact) mass is 445 g/mol. The Bertz CT molecular complexity index is 732. The van der Waals surface area contributed by atoms with E-state index in [1.807, 2.05) is 31.9 Å². The zero-order valence-electron chi connectivity index (χ0n) is 22.3. The van der Waals surface area contributed by atoms with Crippen molar-refractivity contribution in [2.45, 2.75) is 87.7 Å². The Balaban J connectivity index is 3.22. The van der Waals surface area contributed by atoms with Crippen molar-refractivity contribution in [2.75, 3.05) is 26.2 Å². The Morgan fingerprint density at radius 2 is 1.62 bits per heavy atom. The minimum Gasteiger partial charge on any atom is -0.444 e. The molecule has 1 amide bonds. The molecule has 0 spiro atoms. The molecule has 1 aliphatic heterocycles. The summed E-state index contributed by atoms with van der Waals surface area (Å²) in [7, 11) is 0. The van der Waals surface area contributed by atoms with Gasteiger partial charge in [-0.25, -0.2) is 4.79 Å². The summed E-state index contributed by atoms with van der Waals surface area (Å²) in [5.74, 6) is 1.03. The first kappa shape index (κ1) is 28.0. The highest BCUT2D eigenvalue weighted by Crippen LogP contribution is 2.32. The van der Waals surface area contributed by atoms with Gasteiger partial charge in [-0.05, 0) is 65.4 Å². The van der Waals surface area contributed by atoms with Gasteiger partial charge < -0.3 is 14.5 Å². The number of ether oxygens (including phenoxy) is 1. The normalized spacial score (nSPS) is 19.2. The van der Waals surface area contributed by atoms with Gasteiger partial charge in [0.1, 0.15) is 5.60 Å². The molecule has 0 aromatic carbocycles. The number of nitrogens with zero attached hydrogens (tertiary/aromatic N) is 3. The highest BCUT2D eigenvalue weighted by atomic mass is 16.6. The molecule has 2 unspecified atom stereocenters. The molecule has 182 valence electrons. The van der Waals surface area contributed by atoms with E-state index in [-0.39, 0.29) is 6.09 Å². The van der Waals surface area contributed by atoms with Gasteiger partial charge in [-0.15, -0.1) is 0 Å². The summed E-state index contributed by atoms with van der Waals surface area (Å²) in [6.45, 7) is 24.1. The van der Waals surface area contributed by atoms with Crippen molar-refractivity contribution in [3.63, 3.8) is 0 Å². The highest BCUT2D eigenvalue weighted by Gasteiger charge is 2.28. The van der Waals surface area contributed by atoms with E-state index in [0.717, 1.165) is 31.6 Å². The molecule has 5 nitrogen and oxygen atoms in total. The van der Waals surface area contributed by atoms with Crippen molar-refractivity contribution < 1.29 is 9.53 Å². The second kappa shape index (κ2) is 12.9. The number of hydrogen-bond acceptors (Lipinski definition) is 4. The van der Waals surface area contributed by atoms with Gasteiger partial charge in [0, 0.05) is 49.4 Å². The highest BCUT2D eigenvalue weighted by molar-refractivity contribution is 6.03. The van der Waals surface area contributed by atoms with E-state index in [1.54, 1.807) is 0 Å². The largest absolute Gasteiger partial charge is 0.444 e. The smallest absolute Gasteiger partial charge is 0.410 e. The van der Waals surface area contributed by atoms with Gasteiger partial charge in [-0.2, -0.15) is 0 Å². The van der Waals surface area contributed by atoms with E-state index >= 15 is 0 Å². The number of carbonyl (C=O) groups excluding carboxylic acids is 1. The summed E-state index contributed by atoms with van der Waals surface area (Å²) in [4.78, 5) is 21.5. The molecule has 5 heteroatoms. The molecule has 1 heterocycles. The molecule has 0 N–H and O–H groups in total. The van der Waals surface area contributed by atoms with Crippen LogP contribution in [0.5, 0.6) is 0 Å². The number of carbonyl (C=O) groups is 1. The van der Waals surface area contributed by atoms with Crippen LogP contribution >= 0.6 is 0 Å². The first-order valence-corrected chi connectivity index (χ1v) is 12.3. The van der Waals surface area contributed by atoms with E-state index in [9.17, 15) is 4.79 Å². The van der Waals surface area contributed by atoms with Crippen LogP contribution in [0.2, 0.25) is 0 Å². The van der Waals surface area contributed by atoms with Gasteiger partial charge in [0.05, 0.1) is 0 Å². The van der Waals surface area contributed by atoms with E-state index in [2.05, 4.69) is 65.5 Å². The zero-order valence-corrected chi connectivity index (χ0v) is 22.3. The molecule has 0 aliphatic carbocycles. The quantitative estimate of drug-likeness (QED) is 0.304. The average Bonchev–Trinajstić information content (AvgIpc) is 2.74. The second-order valence-corrected chi connectivity index (χ2v) is 9.84. The summed E-state index contributed by atoms with van der Waals surface area (Å²) in [6.07, 6.45) is 8.16. The molecular weight excluding hydrogens is 398 g/mol. The first-order valence-electron chi connectivity index (χ1n) is 12.3. The van der Waals surface area contributed by atoms with Crippen LogP contribution in [-0.2, 0) is 4.74 Å². The predicted molar refractivity (Wildman–Crippen MR) is 137 cm³/mol. The predicted octanol–water partition coefficient (Wildman–Crippen LogP) is 6.83. The van der Waals surface area contributed by atoms with Crippen LogP contribution in [0.3, 0.4) is 0 Å². The maximum atomic E-state index is 12.5. The third-order valence-electron chi connectivity index (χ3n) is 6.33. The third-order valence-corrected chi connectivity index (χ3v) is 6.33. The summed E-state index contributed by atoms with van der Waals surface area (Å²) in [5, 5.41) is 0. The lowest BCUT2D eigenvalue weighted by atomic mass is 9.81. The molecule has 1 rings (SSSR count). The van der Waals surface area contributed by atoms with E-state index in [4.69, 9.17) is 9.73 Å². The zero-order chi connectivity index (χ0) is 24.5. The first-order chi connectivity index (χ1) is 15.0. The minimum absolute atomic E-state index is 0.221. The molecule has 0 saturated carbocycles. The lowest BCUT2D eigenvalue weighted by Crippen LogP contribution is -2.49. The summed E-state index contributed by atoms with van der Waals surface area (Å²) < 4.78 is 5.56. The van der Waals surface area contributed by atoms with Gasteiger partial charge in [0.2, 0.25) is 0 Å².